The highest BCUT2D eigenvalue weighted by Gasteiger charge is 2.25. The van der Waals surface area contributed by atoms with E-state index in [9.17, 15) is 0 Å². The molecule has 7 heteroatoms. The number of halogens is 1. The van der Waals surface area contributed by atoms with Crippen LogP contribution in [0.2, 0.25) is 5.02 Å². The molecule has 0 amide bonds. The van der Waals surface area contributed by atoms with Crippen molar-refractivity contribution in [2.24, 2.45) is 5.92 Å². The predicted molar refractivity (Wildman–Crippen MR) is 91.9 cm³/mol. The van der Waals surface area contributed by atoms with Crippen molar-refractivity contribution in [2.75, 3.05) is 23.3 Å². The Morgan fingerprint density at radius 3 is 3.14 bits per heavy atom. The Labute approximate surface area is 139 Å². The van der Waals surface area contributed by atoms with E-state index >= 15 is 0 Å². The smallest absolute Gasteiger partial charge is 0.202 e. The van der Waals surface area contributed by atoms with E-state index in [1.54, 1.807) is 6.20 Å². The Morgan fingerprint density at radius 1 is 1.50 bits per heavy atom. The summed E-state index contributed by atoms with van der Waals surface area (Å²) in [5.41, 5.74) is 0. The largest absolute Gasteiger partial charge is 0.356 e. The lowest BCUT2D eigenvalue weighted by atomic mass is 10.1. The molecule has 0 radical (unpaired) electrons. The third kappa shape index (κ3) is 3.67. The van der Waals surface area contributed by atoms with Crippen LogP contribution in [-0.2, 0) is 6.42 Å². The lowest BCUT2D eigenvalue weighted by Gasteiger charge is -2.18. The van der Waals surface area contributed by atoms with E-state index in [1.807, 2.05) is 12.1 Å². The zero-order valence-corrected chi connectivity index (χ0v) is 14.4. The van der Waals surface area contributed by atoms with E-state index in [0.717, 1.165) is 42.7 Å². The maximum absolute atomic E-state index is 6.22. The van der Waals surface area contributed by atoms with Crippen LogP contribution in [0.3, 0.4) is 0 Å². The van der Waals surface area contributed by atoms with Gasteiger partial charge in [-0.05, 0) is 24.5 Å². The van der Waals surface area contributed by atoms with Crippen molar-refractivity contribution in [3.8, 4) is 0 Å². The molecule has 1 aliphatic heterocycles. The van der Waals surface area contributed by atoms with E-state index < -0.39 is 0 Å². The third-order valence-corrected chi connectivity index (χ3v) is 4.59. The monoisotopic (exact) mass is 337 g/mol. The minimum atomic E-state index is 0.359. The normalized spacial score (nSPS) is 18.2. The first-order valence-electron chi connectivity index (χ1n) is 7.56. The van der Waals surface area contributed by atoms with Crippen LogP contribution in [-0.4, -0.2) is 33.5 Å². The Bertz CT molecular complexity index is 630. The maximum atomic E-state index is 6.22. The summed E-state index contributed by atoms with van der Waals surface area (Å²) in [6, 6.07) is 4.10. The van der Waals surface area contributed by atoms with Crippen LogP contribution in [0, 0.1) is 5.92 Å². The third-order valence-electron chi connectivity index (χ3n) is 3.61. The van der Waals surface area contributed by atoms with Crippen molar-refractivity contribution in [1.29, 1.82) is 0 Å². The average Bonchev–Trinajstić information content (AvgIpc) is 3.09. The minimum Gasteiger partial charge on any atom is -0.356 e. The number of hydrogen-bond acceptors (Lipinski definition) is 6. The van der Waals surface area contributed by atoms with Crippen molar-refractivity contribution in [3.63, 3.8) is 0 Å². The number of nitrogens with one attached hydrogen (secondary N) is 1. The van der Waals surface area contributed by atoms with Crippen molar-refractivity contribution in [1.82, 2.24) is 14.3 Å². The fourth-order valence-corrected chi connectivity index (χ4v) is 3.53. The molecule has 3 heterocycles. The molecule has 3 rings (SSSR count). The summed E-state index contributed by atoms with van der Waals surface area (Å²) in [6.45, 7) is 6.20. The van der Waals surface area contributed by atoms with Gasteiger partial charge in [0.2, 0.25) is 5.13 Å². The van der Waals surface area contributed by atoms with E-state index in [1.165, 1.54) is 11.5 Å². The molecule has 0 bridgehead atoms. The van der Waals surface area contributed by atoms with Gasteiger partial charge in [-0.2, -0.15) is 4.37 Å². The molecule has 5 nitrogen and oxygen atoms in total. The number of aromatic nitrogens is 3. The van der Waals surface area contributed by atoms with Gasteiger partial charge in [-0.15, -0.1) is 0 Å². The minimum absolute atomic E-state index is 0.359. The second-order valence-corrected chi connectivity index (χ2v) is 7.16. The highest BCUT2D eigenvalue weighted by Crippen LogP contribution is 2.27. The van der Waals surface area contributed by atoms with E-state index in [2.05, 4.69) is 38.4 Å². The van der Waals surface area contributed by atoms with Gasteiger partial charge < -0.3 is 10.2 Å². The number of nitrogens with zero attached hydrogens (tertiary/aromatic N) is 4. The fraction of sp³-hybridized carbons (Fsp3) is 0.533. The van der Waals surface area contributed by atoms with Gasteiger partial charge in [0.05, 0.1) is 5.02 Å². The molecule has 0 spiro atoms. The Hall–Kier alpha value is -1.40. The quantitative estimate of drug-likeness (QED) is 0.905. The van der Waals surface area contributed by atoms with E-state index in [-0.39, 0.29) is 0 Å². The molecule has 1 saturated heterocycles. The van der Waals surface area contributed by atoms with Crippen LogP contribution in [0.15, 0.2) is 18.3 Å². The Morgan fingerprint density at radius 2 is 2.36 bits per heavy atom. The summed E-state index contributed by atoms with van der Waals surface area (Å²) in [6.07, 6.45) is 3.76. The molecule has 2 aromatic rings. The molecule has 0 saturated carbocycles. The summed E-state index contributed by atoms with van der Waals surface area (Å²) < 4.78 is 4.41. The molecule has 118 valence electrons. The number of hydrogen-bond donors (Lipinski definition) is 1. The van der Waals surface area contributed by atoms with Crippen LogP contribution in [0.25, 0.3) is 0 Å². The second-order valence-electron chi connectivity index (χ2n) is 6.00. The van der Waals surface area contributed by atoms with Crippen molar-refractivity contribution in [2.45, 2.75) is 32.7 Å². The first-order chi connectivity index (χ1) is 10.6. The lowest BCUT2D eigenvalue weighted by molar-refractivity contribution is 0.627. The first kappa shape index (κ1) is 15.5. The average molecular weight is 338 g/mol. The molecule has 1 aliphatic rings. The molecular formula is C15H20ClN5S. The predicted octanol–water partition coefficient (Wildman–Crippen LogP) is 3.48. The van der Waals surface area contributed by atoms with Crippen molar-refractivity contribution >= 4 is 34.1 Å². The summed E-state index contributed by atoms with van der Waals surface area (Å²) >= 11 is 7.67. The van der Waals surface area contributed by atoms with Crippen LogP contribution in [0.1, 0.15) is 26.1 Å². The molecule has 1 unspecified atom stereocenters. The van der Waals surface area contributed by atoms with E-state index in [0.29, 0.717) is 17.0 Å². The fourth-order valence-electron chi connectivity index (χ4n) is 2.62. The zero-order chi connectivity index (χ0) is 15.5. The molecule has 1 atom stereocenters. The number of anilines is 2. The summed E-state index contributed by atoms with van der Waals surface area (Å²) in [5, 5.41) is 5.10. The van der Waals surface area contributed by atoms with Gasteiger partial charge in [-0.3, -0.25) is 0 Å². The van der Waals surface area contributed by atoms with Crippen molar-refractivity contribution in [3.05, 3.63) is 29.2 Å². The molecule has 2 aromatic heterocycles. The maximum Gasteiger partial charge on any atom is 0.202 e. The van der Waals surface area contributed by atoms with Crippen LogP contribution in [0.5, 0.6) is 0 Å². The summed E-state index contributed by atoms with van der Waals surface area (Å²) in [5.74, 6) is 2.38. The van der Waals surface area contributed by atoms with E-state index in [4.69, 9.17) is 11.6 Å². The molecule has 1 N–H and O–H groups in total. The van der Waals surface area contributed by atoms with Crippen LogP contribution in [0.4, 0.5) is 10.9 Å². The Balaban J connectivity index is 1.59. The number of pyridine rings is 1. The summed E-state index contributed by atoms with van der Waals surface area (Å²) in [7, 11) is 0. The first-order valence-corrected chi connectivity index (χ1v) is 8.71. The summed E-state index contributed by atoms with van der Waals surface area (Å²) in [4.78, 5) is 11.2. The molecule has 1 fully saturated rings. The second kappa shape index (κ2) is 6.79. The van der Waals surface area contributed by atoms with Gasteiger partial charge in [0, 0.05) is 43.3 Å². The molecular weight excluding hydrogens is 318 g/mol. The highest BCUT2D eigenvalue weighted by atomic mass is 35.5. The van der Waals surface area contributed by atoms with Crippen LogP contribution < -0.4 is 10.2 Å². The Kier molecular flexibility index (Phi) is 4.78. The van der Waals surface area contributed by atoms with Gasteiger partial charge >= 0.3 is 0 Å². The highest BCUT2D eigenvalue weighted by molar-refractivity contribution is 7.09. The molecule has 0 aromatic carbocycles. The topological polar surface area (TPSA) is 53.9 Å². The number of rotatable bonds is 5. The van der Waals surface area contributed by atoms with Gasteiger partial charge in [-0.1, -0.05) is 25.4 Å². The van der Waals surface area contributed by atoms with Gasteiger partial charge in [-0.25, -0.2) is 9.97 Å². The SMILES string of the molecule is CC(C)Cc1nsc(NC2CCN(c3ncccc3Cl)C2)n1. The lowest BCUT2D eigenvalue weighted by Crippen LogP contribution is -2.26. The van der Waals surface area contributed by atoms with Gasteiger partial charge in [0.1, 0.15) is 11.6 Å². The standard InChI is InChI=1S/C15H20ClN5S/c1-10(2)8-13-19-15(22-20-13)18-11-5-7-21(9-11)14-12(16)4-3-6-17-14/h3-4,6,10-11H,5,7-9H2,1-2H3,(H,18,19,20). The van der Waals surface area contributed by atoms with Gasteiger partial charge in [0.25, 0.3) is 0 Å². The molecule has 0 aliphatic carbocycles. The molecule has 22 heavy (non-hydrogen) atoms. The van der Waals surface area contributed by atoms with Crippen molar-refractivity contribution < 1.29 is 0 Å². The van der Waals surface area contributed by atoms with Gasteiger partial charge in [0.15, 0.2) is 0 Å². The zero-order valence-electron chi connectivity index (χ0n) is 12.8. The van der Waals surface area contributed by atoms with Crippen LogP contribution >= 0.6 is 23.1 Å².